The standard InChI is InChI=1S/C25H31N5O2S/c1-27-24(29-17-26)30-19-11-13-25(14-12-19,18-7-5-4-6-8-18)16-28-23(31)21-10-9-20(33-3)15-22(21)32-2/h4-10,15,19H,11-14,16H2,1-3H3,(H,28,31)(H2,27,29,30). The zero-order valence-corrected chi connectivity index (χ0v) is 20.2. The van der Waals surface area contributed by atoms with Crippen molar-refractivity contribution in [2.75, 3.05) is 27.0 Å². The molecule has 0 saturated heterocycles. The summed E-state index contributed by atoms with van der Waals surface area (Å²) in [6, 6.07) is 16.3. The minimum absolute atomic E-state index is 0.131. The molecule has 0 aromatic heterocycles. The van der Waals surface area contributed by atoms with Gasteiger partial charge in [-0.15, -0.1) is 11.8 Å². The smallest absolute Gasteiger partial charge is 0.255 e. The second-order valence-electron chi connectivity index (χ2n) is 8.12. The third-order valence-electron chi connectivity index (χ3n) is 6.31. The van der Waals surface area contributed by atoms with Crippen LogP contribution in [0.5, 0.6) is 5.75 Å². The van der Waals surface area contributed by atoms with Crippen LogP contribution in [0.25, 0.3) is 0 Å². The molecule has 174 valence electrons. The molecule has 0 heterocycles. The Morgan fingerprint density at radius 3 is 2.58 bits per heavy atom. The number of hydrogen-bond acceptors (Lipinski definition) is 5. The number of aliphatic imine (C=N–C) groups is 1. The fourth-order valence-corrected chi connectivity index (χ4v) is 4.84. The Labute approximate surface area is 200 Å². The van der Waals surface area contributed by atoms with Crippen LogP contribution in [0.2, 0.25) is 0 Å². The zero-order valence-electron chi connectivity index (χ0n) is 19.4. The number of benzene rings is 2. The number of nitrogens with zero attached hydrogens (tertiary/aromatic N) is 2. The molecule has 1 amide bonds. The second-order valence-corrected chi connectivity index (χ2v) is 9.00. The van der Waals surface area contributed by atoms with E-state index in [9.17, 15) is 4.79 Å². The lowest BCUT2D eigenvalue weighted by Gasteiger charge is -2.41. The summed E-state index contributed by atoms with van der Waals surface area (Å²) in [5.41, 5.74) is 1.61. The molecule has 0 bridgehead atoms. The largest absolute Gasteiger partial charge is 0.496 e. The number of rotatable bonds is 7. The number of carbonyl (C=O) groups is 1. The average Bonchev–Trinajstić information content (AvgIpc) is 2.88. The maximum absolute atomic E-state index is 13.1. The lowest BCUT2D eigenvalue weighted by atomic mass is 9.68. The van der Waals surface area contributed by atoms with Gasteiger partial charge in [-0.1, -0.05) is 30.3 Å². The van der Waals surface area contributed by atoms with Gasteiger partial charge in [0.05, 0.1) is 12.7 Å². The molecule has 1 aliphatic carbocycles. The quantitative estimate of drug-likeness (QED) is 0.190. The number of amides is 1. The summed E-state index contributed by atoms with van der Waals surface area (Å²) in [4.78, 5) is 18.2. The van der Waals surface area contributed by atoms with Crippen LogP contribution < -0.4 is 20.7 Å². The van der Waals surface area contributed by atoms with E-state index in [-0.39, 0.29) is 17.4 Å². The molecular formula is C25H31N5O2S. The van der Waals surface area contributed by atoms with Gasteiger partial charge in [0.2, 0.25) is 5.96 Å². The van der Waals surface area contributed by atoms with Crippen LogP contribution in [0.4, 0.5) is 0 Å². The van der Waals surface area contributed by atoms with E-state index < -0.39 is 0 Å². The minimum Gasteiger partial charge on any atom is -0.496 e. The number of nitrogens with one attached hydrogen (secondary N) is 3. The molecule has 7 nitrogen and oxygen atoms in total. The fraction of sp³-hybridized carbons (Fsp3) is 0.400. The number of thioether (sulfide) groups is 1. The monoisotopic (exact) mass is 465 g/mol. The Kier molecular flexibility index (Phi) is 8.61. The van der Waals surface area contributed by atoms with Crippen molar-refractivity contribution in [3.63, 3.8) is 0 Å². The summed E-state index contributed by atoms with van der Waals surface area (Å²) in [5, 5.41) is 18.0. The molecule has 3 N–H and O–H groups in total. The molecular weight excluding hydrogens is 434 g/mol. The van der Waals surface area contributed by atoms with E-state index in [4.69, 9.17) is 10.00 Å². The van der Waals surface area contributed by atoms with Gasteiger partial charge in [-0.25, -0.2) is 0 Å². The van der Waals surface area contributed by atoms with Crippen molar-refractivity contribution in [1.29, 1.82) is 5.26 Å². The summed E-state index contributed by atoms with van der Waals surface area (Å²) in [7, 11) is 3.24. The topological polar surface area (TPSA) is 98.5 Å². The SMILES string of the molecule is CN=C(NC#N)NC1CCC(CNC(=O)c2ccc(SC)cc2OC)(c2ccccc2)CC1. The van der Waals surface area contributed by atoms with E-state index in [1.165, 1.54) is 5.56 Å². The molecule has 8 heteroatoms. The van der Waals surface area contributed by atoms with E-state index in [1.807, 2.05) is 48.8 Å². The van der Waals surface area contributed by atoms with Gasteiger partial charge in [0.15, 0.2) is 6.19 Å². The zero-order chi connectivity index (χ0) is 23.7. The normalized spacial score (nSPS) is 20.4. The van der Waals surface area contributed by atoms with E-state index in [0.29, 0.717) is 23.8 Å². The van der Waals surface area contributed by atoms with E-state index in [1.54, 1.807) is 25.9 Å². The highest BCUT2D eigenvalue weighted by Crippen LogP contribution is 2.39. The van der Waals surface area contributed by atoms with E-state index in [0.717, 1.165) is 30.6 Å². The Hall–Kier alpha value is -3.18. The number of guanidine groups is 1. The summed E-state index contributed by atoms with van der Waals surface area (Å²) in [5.74, 6) is 0.940. The summed E-state index contributed by atoms with van der Waals surface area (Å²) in [6.07, 6.45) is 7.53. The van der Waals surface area contributed by atoms with Crippen LogP contribution in [0, 0.1) is 11.5 Å². The molecule has 3 rings (SSSR count). The maximum atomic E-state index is 13.1. The first kappa shape index (κ1) is 24.5. The van der Waals surface area contributed by atoms with Crippen molar-refractivity contribution >= 4 is 23.6 Å². The van der Waals surface area contributed by atoms with Gasteiger partial charge >= 0.3 is 0 Å². The number of carbonyl (C=O) groups excluding carboxylic acids is 1. The number of nitriles is 1. The lowest BCUT2D eigenvalue weighted by molar-refractivity contribution is 0.0932. The maximum Gasteiger partial charge on any atom is 0.255 e. The lowest BCUT2D eigenvalue weighted by Crippen LogP contribution is -2.49. The molecule has 1 aliphatic rings. The highest BCUT2D eigenvalue weighted by molar-refractivity contribution is 7.98. The van der Waals surface area contributed by atoms with Crippen LogP contribution in [0.3, 0.4) is 0 Å². The van der Waals surface area contributed by atoms with Crippen molar-refractivity contribution < 1.29 is 9.53 Å². The van der Waals surface area contributed by atoms with E-state index >= 15 is 0 Å². The van der Waals surface area contributed by atoms with Crippen molar-refractivity contribution in [3.8, 4) is 11.9 Å². The van der Waals surface area contributed by atoms with Gasteiger partial charge in [0, 0.05) is 29.9 Å². The highest BCUT2D eigenvalue weighted by atomic mass is 32.2. The van der Waals surface area contributed by atoms with Gasteiger partial charge in [-0.2, -0.15) is 5.26 Å². The predicted octanol–water partition coefficient (Wildman–Crippen LogP) is 3.67. The van der Waals surface area contributed by atoms with Crippen molar-refractivity contribution in [2.45, 2.75) is 42.0 Å². The Morgan fingerprint density at radius 1 is 1.24 bits per heavy atom. The Morgan fingerprint density at radius 2 is 1.97 bits per heavy atom. The van der Waals surface area contributed by atoms with Gasteiger partial charge < -0.3 is 15.4 Å². The number of ether oxygens (including phenoxy) is 1. The van der Waals surface area contributed by atoms with Gasteiger partial charge in [0.25, 0.3) is 5.91 Å². The Balaban J connectivity index is 1.74. The molecule has 0 radical (unpaired) electrons. The van der Waals surface area contributed by atoms with Gasteiger partial charge in [-0.05, 0) is 55.7 Å². The van der Waals surface area contributed by atoms with Crippen molar-refractivity contribution in [3.05, 3.63) is 59.7 Å². The molecule has 2 aromatic rings. The van der Waals surface area contributed by atoms with E-state index in [2.05, 4.69) is 33.1 Å². The third kappa shape index (κ3) is 5.99. The molecule has 2 aromatic carbocycles. The summed E-state index contributed by atoms with van der Waals surface area (Å²) < 4.78 is 5.47. The third-order valence-corrected chi connectivity index (χ3v) is 7.03. The van der Waals surface area contributed by atoms with Crippen molar-refractivity contribution in [1.82, 2.24) is 16.0 Å². The molecule has 0 spiro atoms. The molecule has 0 unspecified atom stereocenters. The molecule has 1 saturated carbocycles. The average molecular weight is 466 g/mol. The Bertz CT molecular complexity index is 1010. The highest BCUT2D eigenvalue weighted by Gasteiger charge is 2.37. The minimum atomic E-state index is -0.159. The van der Waals surface area contributed by atoms with Crippen LogP contribution in [-0.4, -0.2) is 44.9 Å². The molecule has 33 heavy (non-hydrogen) atoms. The first-order chi connectivity index (χ1) is 16.0. The molecule has 0 aliphatic heterocycles. The first-order valence-corrected chi connectivity index (χ1v) is 12.2. The first-order valence-electron chi connectivity index (χ1n) is 11.0. The fourth-order valence-electron chi connectivity index (χ4n) is 4.41. The summed E-state index contributed by atoms with van der Waals surface area (Å²) >= 11 is 1.61. The number of methoxy groups -OCH3 is 1. The number of hydrogen-bond donors (Lipinski definition) is 3. The van der Waals surface area contributed by atoms with Crippen LogP contribution in [0.15, 0.2) is 58.4 Å². The molecule has 1 fully saturated rings. The van der Waals surface area contributed by atoms with Crippen molar-refractivity contribution in [2.24, 2.45) is 4.99 Å². The van der Waals surface area contributed by atoms with Gasteiger partial charge in [0.1, 0.15) is 5.75 Å². The second kappa shape index (κ2) is 11.6. The van der Waals surface area contributed by atoms with Gasteiger partial charge in [-0.3, -0.25) is 15.1 Å². The van der Waals surface area contributed by atoms with Crippen LogP contribution in [0.1, 0.15) is 41.6 Å². The molecule has 0 atom stereocenters. The van der Waals surface area contributed by atoms with Crippen LogP contribution in [-0.2, 0) is 5.41 Å². The summed E-state index contributed by atoms with van der Waals surface area (Å²) in [6.45, 7) is 0.543. The van der Waals surface area contributed by atoms with Crippen LogP contribution >= 0.6 is 11.8 Å². The predicted molar refractivity (Wildman–Crippen MR) is 133 cm³/mol.